The molecule has 0 saturated carbocycles. The van der Waals surface area contributed by atoms with Crippen LogP contribution in [0.3, 0.4) is 0 Å². The molecule has 0 unspecified atom stereocenters. The summed E-state index contributed by atoms with van der Waals surface area (Å²) in [5.74, 6) is 8.17. The molecule has 0 aliphatic carbocycles. The second-order valence-electron chi connectivity index (χ2n) is 5.90. The van der Waals surface area contributed by atoms with Gasteiger partial charge in [0.15, 0.2) is 0 Å². The molecule has 0 spiro atoms. The predicted molar refractivity (Wildman–Crippen MR) is 75.7 cm³/mol. The van der Waals surface area contributed by atoms with Crippen molar-refractivity contribution in [1.29, 1.82) is 0 Å². The van der Waals surface area contributed by atoms with Crippen molar-refractivity contribution < 1.29 is 0 Å². The number of nitrogens with two attached hydrogens (primary N) is 1. The van der Waals surface area contributed by atoms with Crippen LogP contribution in [0.4, 0.5) is 0 Å². The van der Waals surface area contributed by atoms with E-state index in [1.54, 1.807) is 0 Å². The summed E-state index contributed by atoms with van der Waals surface area (Å²) in [4.78, 5) is 6.80. The van der Waals surface area contributed by atoms with E-state index in [0.717, 1.165) is 25.6 Å². The molecule has 17 heavy (non-hydrogen) atoms. The van der Waals surface area contributed by atoms with Gasteiger partial charge in [0.25, 0.3) is 0 Å². The molecule has 0 fully saturated rings. The maximum absolute atomic E-state index is 5.59. The molecule has 0 amide bonds. The fourth-order valence-corrected chi connectivity index (χ4v) is 1.63. The zero-order valence-corrected chi connectivity index (χ0v) is 12.3. The smallest absolute Gasteiger partial charge is 0.208 e. The van der Waals surface area contributed by atoms with Gasteiger partial charge in [-0.2, -0.15) is 0 Å². The molecule has 4 nitrogen and oxygen atoms in total. The van der Waals surface area contributed by atoms with E-state index in [1.165, 1.54) is 0 Å². The number of nitrogens with zero attached hydrogens (tertiary/aromatic N) is 2. The van der Waals surface area contributed by atoms with Gasteiger partial charge in [0.1, 0.15) is 0 Å². The average Bonchev–Trinajstić information content (AvgIpc) is 2.15. The van der Waals surface area contributed by atoms with Crippen molar-refractivity contribution in [3.63, 3.8) is 0 Å². The van der Waals surface area contributed by atoms with Crippen molar-refractivity contribution in [1.82, 2.24) is 10.3 Å². The molecule has 102 valence electrons. The van der Waals surface area contributed by atoms with E-state index in [9.17, 15) is 0 Å². The molecule has 0 aromatic carbocycles. The molecule has 0 radical (unpaired) electrons. The van der Waals surface area contributed by atoms with Crippen LogP contribution in [0.15, 0.2) is 4.99 Å². The number of aliphatic imine (C=N–C) groups is 1. The highest BCUT2D eigenvalue weighted by molar-refractivity contribution is 5.79. The third-order valence-electron chi connectivity index (χ3n) is 2.21. The van der Waals surface area contributed by atoms with E-state index in [4.69, 9.17) is 5.84 Å². The summed E-state index contributed by atoms with van der Waals surface area (Å²) in [7, 11) is 0. The van der Waals surface area contributed by atoms with Crippen LogP contribution < -0.4 is 11.3 Å². The third-order valence-corrected chi connectivity index (χ3v) is 2.21. The first-order valence-corrected chi connectivity index (χ1v) is 6.62. The summed E-state index contributed by atoms with van der Waals surface area (Å²) in [6.45, 7) is 16.0. The van der Waals surface area contributed by atoms with Gasteiger partial charge >= 0.3 is 0 Å². The van der Waals surface area contributed by atoms with Gasteiger partial charge < -0.3 is 4.90 Å². The lowest BCUT2D eigenvalue weighted by atomic mass is 10.1. The lowest BCUT2D eigenvalue weighted by Gasteiger charge is -2.29. The van der Waals surface area contributed by atoms with Crippen molar-refractivity contribution in [3.8, 4) is 0 Å². The second-order valence-corrected chi connectivity index (χ2v) is 5.90. The number of rotatable bonds is 6. The Labute approximate surface area is 107 Å². The summed E-state index contributed by atoms with van der Waals surface area (Å²) in [6, 6.07) is 0. The monoisotopic (exact) mass is 242 g/mol. The third kappa shape index (κ3) is 8.02. The summed E-state index contributed by atoms with van der Waals surface area (Å²) >= 11 is 0. The molecule has 0 aliphatic heterocycles. The van der Waals surface area contributed by atoms with Gasteiger partial charge in [-0.05, 0) is 17.8 Å². The number of hydrogen-bond acceptors (Lipinski definition) is 2. The normalized spacial score (nSPS) is 12.7. The number of nitrogens with one attached hydrogen (secondary N) is 1. The highest BCUT2D eigenvalue weighted by Crippen LogP contribution is 2.05. The number of guanidine groups is 1. The lowest BCUT2D eigenvalue weighted by molar-refractivity contribution is 0.317. The number of hydrazine groups is 1. The molecule has 3 N–H and O–H groups in total. The molecule has 0 heterocycles. The van der Waals surface area contributed by atoms with Crippen LogP contribution in [-0.2, 0) is 0 Å². The van der Waals surface area contributed by atoms with E-state index in [0.29, 0.717) is 17.8 Å². The van der Waals surface area contributed by atoms with Crippen LogP contribution in [0.2, 0.25) is 0 Å². The zero-order valence-electron chi connectivity index (χ0n) is 12.3. The summed E-state index contributed by atoms with van der Waals surface area (Å²) < 4.78 is 0. The first-order chi connectivity index (χ1) is 7.86. The average molecular weight is 242 g/mol. The second kappa shape index (κ2) is 8.34. The molecule has 4 heteroatoms. The highest BCUT2D eigenvalue weighted by atomic mass is 15.4. The fraction of sp³-hybridized carbons (Fsp3) is 0.923. The first kappa shape index (κ1) is 16.2. The molecule has 0 aromatic rings. The quantitative estimate of drug-likeness (QED) is 0.324. The standard InChI is InChI=1S/C13H30N4/c1-10(2)7-15-13(16-14)17(8-11(3)4)9-12(5)6/h10-12H,7-9,14H2,1-6H3,(H,15,16). The SMILES string of the molecule is CC(C)CN=C(NN)N(CC(C)C)CC(C)C. The molecule has 0 aromatic heterocycles. The maximum Gasteiger partial charge on any atom is 0.208 e. The van der Waals surface area contributed by atoms with E-state index in [2.05, 4.69) is 56.9 Å². The Kier molecular flexibility index (Phi) is 7.96. The molecule has 0 saturated heterocycles. The summed E-state index contributed by atoms with van der Waals surface area (Å²) in [5, 5.41) is 0. The van der Waals surface area contributed by atoms with Gasteiger partial charge in [0, 0.05) is 19.6 Å². The van der Waals surface area contributed by atoms with Gasteiger partial charge in [-0.1, -0.05) is 41.5 Å². The minimum Gasteiger partial charge on any atom is -0.341 e. The minimum absolute atomic E-state index is 0.554. The van der Waals surface area contributed by atoms with Crippen LogP contribution in [0.25, 0.3) is 0 Å². The Balaban J connectivity index is 4.64. The van der Waals surface area contributed by atoms with Gasteiger partial charge in [0.05, 0.1) is 0 Å². The van der Waals surface area contributed by atoms with Crippen molar-refractivity contribution in [2.75, 3.05) is 19.6 Å². The molecular weight excluding hydrogens is 212 g/mol. The predicted octanol–water partition coefficient (Wildman–Crippen LogP) is 2.08. The fourth-order valence-electron chi connectivity index (χ4n) is 1.63. The van der Waals surface area contributed by atoms with Gasteiger partial charge in [-0.3, -0.25) is 10.4 Å². The Morgan fingerprint density at radius 1 is 1.00 bits per heavy atom. The highest BCUT2D eigenvalue weighted by Gasteiger charge is 2.13. The van der Waals surface area contributed by atoms with E-state index in [1.807, 2.05) is 0 Å². The van der Waals surface area contributed by atoms with Crippen LogP contribution in [-0.4, -0.2) is 30.5 Å². The summed E-state index contributed by atoms with van der Waals surface area (Å²) in [5.41, 5.74) is 2.74. The van der Waals surface area contributed by atoms with Gasteiger partial charge in [0.2, 0.25) is 5.96 Å². The Morgan fingerprint density at radius 3 is 1.76 bits per heavy atom. The largest absolute Gasteiger partial charge is 0.341 e. The topological polar surface area (TPSA) is 53.6 Å². The number of hydrogen-bond donors (Lipinski definition) is 2. The molecule has 0 atom stereocenters. The molecular formula is C13H30N4. The minimum atomic E-state index is 0.554. The van der Waals surface area contributed by atoms with Crippen LogP contribution in [0, 0.1) is 17.8 Å². The van der Waals surface area contributed by atoms with Crippen molar-refractivity contribution in [2.24, 2.45) is 28.6 Å². The van der Waals surface area contributed by atoms with Crippen molar-refractivity contribution >= 4 is 5.96 Å². The zero-order chi connectivity index (χ0) is 13.4. The van der Waals surface area contributed by atoms with Crippen LogP contribution in [0.5, 0.6) is 0 Å². The molecule has 0 bridgehead atoms. The molecule has 0 aliphatic rings. The van der Waals surface area contributed by atoms with E-state index < -0.39 is 0 Å². The Morgan fingerprint density at radius 2 is 1.47 bits per heavy atom. The molecule has 0 rings (SSSR count). The van der Waals surface area contributed by atoms with Crippen molar-refractivity contribution in [3.05, 3.63) is 0 Å². The van der Waals surface area contributed by atoms with E-state index in [-0.39, 0.29) is 0 Å². The van der Waals surface area contributed by atoms with Gasteiger partial charge in [-0.15, -0.1) is 0 Å². The van der Waals surface area contributed by atoms with E-state index >= 15 is 0 Å². The van der Waals surface area contributed by atoms with Crippen LogP contribution in [0.1, 0.15) is 41.5 Å². The van der Waals surface area contributed by atoms with Crippen LogP contribution >= 0.6 is 0 Å². The lowest BCUT2D eigenvalue weighted by Crippen LogP contribution is -2.47. The van der Waals surface area contributed by atoms with Crippen molar-refractivity contribution in [2.45, 2.75) is 41.5 Å². The maximum atomic E-state index is 5.59. The Bertz CT molecular complexity index is 211. The first-order valence-electron chi connectivity index (χ1n) is 6.62. The summed E-state index contributed by atoms with van der Waals surface area (Å²) in [6.07, 6.45) is 0. The van der Waals surface area contributed by atoms with Gasteiger partial charge in [-0.25, -0.2) is 5.84 Å². The Hall–Kier alpha value is -0.770.